The third-order valence-electron chi connectivity index (χ3n) is 4.75. The first-order chi connectivity index (χ1) is 4.86. The minimum absolute atomic E-state index is 0.634. The lowest BCUT2D eigenvalue weighted by Gasteiger charge is -2.82. The van der Waals surface area contributed by atoms with Crippen LogP contribution in [0.2, 0.25) is 0 Å². The van der Waals surface area contributed by atoms with Gasteiger partial charge in [0.25, 0.3) is 0 Å². The Morgan fingerprint density at radius 3 is 3.00 bits per heavy atom. The van der Waals surface area contributed by atoms with Crippen LogP contribution in [0.15, 0.2) is 0 Å². The van der Waals surface area contributed by atoms with Gasteiger partial charge in [0.1, 0.15) is 0 Å². The van der Waals surface area contributed by atoms with E-state index in [1.165, 1.54) is 11.8 Å². The number of rotatable bonds is 0. The Labute approximate surface area is 63.9 Å². The van der Waals surface area contributed by atoms with E-state index in [1.807, 2.05) is 0 Å². The van der Waals surface area contributed by atoms with Crippen LogP contribution in [0, 0.1) is 17.3 Å². The fourth-order valence-electron chi connectivity index (χ4n) is 4.38. The Hall–Kier alpha value is 0.220. The minimum Gasteiger partial charge on any atom is -0.185 e. The summed E-state index contributed by atoms with van der Waals surface area (Å²) in [5, 5.41) is 2.28. The van der Waals surface area contributed by atoms with E-state index in [1.54, 1.807) is 19.3 Å². The third kappa shape index (κ3) is 0.219. The fourth-order valence-corrected chi connectivity index (χ4v) is 7.67. The van der Waals surface area contributed by atoms with Crippen molar-refractivity contribution >= 4 is 16.4 Å². The van der Waals surface area contributed by atoms with Crippen molar-refractivity contribution in [2.24, 2.45) is 17.3 Å². The molecule has 0 amide bonds. The molecule has 5 rings (SSSR count). The molecule has 0 aromatic rings. The molecule has 4 aliphatic carbocycles. The summed E-state index contributed by atoms with van der Waals surface area (Å²) < 4.78 is 0. The van der Waals surface area contributed by atoms with Crippen molar-refractivity contribution in [3.63, 3.8) is 0 Å². The molecule has 54 valence electrons. The van der Waals surface area contributed by atoms with Gasteiger partial charge in [-0.1, -0.05) is 5.87 Å². The van der Waals surface area contributed by atoms with Gasteiger partial charge >= 0.3 is 0 Å². The minimum atomic E-state index is 0.634. The molecule has 1 heteroatoms. The van der Waals surface area contributed by atoms with E-state index in [9.17, 15) is 0 Å². The highest BCUT2D eigenvalue weighted by atomic mass is 32.2. The molecule has 2 bridgehead atoms. The summed E-state index contributed by atoms with van der Waals surface area (Å²) in [6, 6.07) is 0. The maximum Gasteiger partial charge on any atom is 0.00960 e. The second-order valence-electron chi connectivity index (χ2n) is 4.54. The van der Waals surface area contributed by atoms with Gasteiger partial charge < -0.3 is 0 Å². The maximum atomic E-state index is 4.31. The van der Waals surface area contributed by atoms with Gasteiger partial charge in [-0.25, -0.2) is 0 Å². The Morgan fingerprint density at radius 2 is 2.30 bits per heavy atom. The van der Waals surface area contributed by atoms with Crippen molar-refractivity contribution in [2.75, 3.05) is 0 Å². The summed E-state index contributed by atoms with van der Waals surface area (Å²) >= 11 is 0. The molecule has 1 aliphatic heterocycles. The van der Waals surface area contributed by atoms with Gasteiger partial charge in [0.05, 0.1) is 0 Å². The van der Waals surface area contributed by atoms with Crippen LogP contribution in [0.5, 0.6) is 0 Å². The van der Waals surface area contributed by atoms with E-state index in [4.69, 9.17) is 0 Å². The first-order valence-corrected chi connectivity index (χ1v) is 5.89. The van der Waals surface area contributed by atoms with Crippen LogP contribution in [0.4, 0.5) is 0 Å². The number of hydrogen-bond acceptors (Lipinski definition) is 0. The summed E-state index contributed by atoms with van der Waals surface area (Å²) in [6.07, 6.45) is 4.74. The van der Waals surface area contributed by atoms with Gasteiger partial charge in [-0.2, -0.15) is 10.5 Å². The Morgan fingerprint density at radius 1 is 1.40 bits per heavy atom. The van der Waals surface area contributed by atoms with E-state index < -0.39 is 0 Å². The lowest BCUT2D eigenvalue weighted by atomic mass is 9.37. The van der Waals surface area contributed by atoms with Gasteiger partial charge in [-0.3, -0.25) is 0 Å². The third-order valence-corrected chi connectivity index (χ3v) is 7.59. The average molecular weight is 152 g/mol. The van der Waals surface area contributed by atoms with Crippen molar-refractivity contribution in [3.05, 3.63) is 0 Å². The van der Waals surface area contributed by atoms with Gasteiger partial charge in [0.15, 0.2) is 0 Å². The molecule has 0 aromatic carbocycles. The predicted octanol–water partition coefficient (Wildman–Crippen LogP) is 1.87. The Kier molecular flexibility index (Phi) is 0.528. The monoisotopic (exact) mass is 152 g/mol. The normalized spacial score (nSPS) is 80.6. The standard InChI is InChI=1S/C9H12S/c1-10-7-3-2-6-5-4-9(6,7)8(5)10/h5-8H,1-4H2. The quantitative estimate of drug-likeness (QED) is 0.465. The largest absolute Gasteiger partial charge is 0.185 e. The zero-order valence-corrected chi connectivity index (χ0v) is 6.86. The second-order valence-corrected chi connectivity index (χ2v) is 6.56. The van der Waals surface area contributed by atoms with Crippen molar-refractivity contribution < 1.29 is 0 Å². The topological polar surface area (TPSA) is 0 Å². The zero-order valence-electron chi connectivity index (χ0n) is 6.05. The summed E-state index contributed by atoms with van der Waals surface area (Å²) in [6.45, 7) is 0. The lowest BCUT2D eigenvalue weighted by molar-refractivity contribution is -0.168. The van der Waals surface area contributed by atoms with Crippen LogP contribution in [0.1, 0.15) is 19.3 Å². The average Bonchev–Trinajstić information content (AvgIpc) is 1.89. The molecule has 0 radical (unpaired) electrons. The number of hydrogen-bond donors (Lipinski definition) is 0. The smallest absolute Gasteiger partial charge is 0.00960 e. The Balaban J connectivity index is 1.96. The zero-order chi connectivity index (χ0) is 6.51. The Bertz CT molecular complexity index is 257. The van der Waals surface area contributed by atoms with Gasteiger partial charge in [-0.05, 0) is 36.5 Å². The van der Waals surface area contributed by atoms with E-state index in [0.717, 1.165) is 15.9 Å². The molecular formula is C9H12S. The predicted molar refractivity (Wildman–Crippen MR) is 45.6 cm³/mol. The highest BCUT2D eigenvalue weighted by molar-refractivity contribution is 8.16. The van der Waals surface area contributed by atoms with Gasteiger partial charge in [-0.15, -0.1) is 0 Å². The molecule has 1 spiro atoms. The van der Waals surface area contributed by atoms with Crippen LogP contribution in [0.3, 0.4) is 0 Å². The molecule has 0 nitrogen and oxygen atoms in total. The summed E-state index contributed by atoms with van der Waals surface area (Å²) in [4.78, 5) is 0. The highest BCUT2D eigenvalue weighted by Crippen LogP contribution is 2.89. The van der Waals surface area contributed by atoms with E-state index in [-0.39, 0.29) is 0 Å². The van der Waals surface area contributed by atoms with Gasteiger partial charge in [0.2, 0.25) is 0 Å². The molecule has 0 N–H and O–H groups in total. The molecule has 6 atom stereocenters. The van der Waals surface area contributed by atoms with Crippen LogP contribution in [0.25, 0.3) is 0 Å². The molecule has 0 aromatic heterocycles. The van der Waals surface area contributed by atoms with Crippen molar-refractivity contribution in [3.8, 4) is 0 Å². The second kappa shape index (κ2) is 1.06. The summed E-state index contributed by atoms with van der Waals surface area (Å²) in [5.41, 5.74) is 0.954. The summed E-state index contributed by atoms with van der Waals surface area (Å²) in [7, 11) is 0.634. The van der Waals surface area contributed by atoms with E-state index in [0.29, 0.717) is 10.5 Å². The first-order valence-electron chi connectivity index (χ1n) is 4.37. The van der Waals surface area contributed by atoms with E-state index >= 15 is 0 Å². The van der Waals surface area contributed by atoms with Gasteiger partial charge in [0, 0.05) is 10.5 Å². The molecular weight excluding hydrogens is 140 g/mol. The van der Waals surface area contributed by atoms with Crippen molar-refractivity contribution in [1.29, 1.82) is 0 Å². The van der Waals surface area contributed by atoms with Crippen LogP contribution in [-0.2, 0) is 0 Å². The molecule has 1 saturated heterocycles. The van der Waals surface area contributed by atoms with Crippen LogP contribution in [-0.4, -0.2) is 16.4 Å². The SMILES string of the molecule is C=S1C2CCC3C4CC32C41. The molecule has 6 unspecified atom stereocenters. The van der Waals surface area contributed by atoms with Crippen LogP contribution >= 0.6 is 10.5 Å². The summed E-state index contributed by atoms with van der Waals surface area (Å²) in [5.74, 6) is 6.70. The molecule has 5 aliphatic rings. The van der Waals surface area contributed by atoms with Crippen LogP contribution < -0.4 is 0 Å². The highest BCUT2D eigenvalue weighted by Gasteiger charge is 2.84. The molecule has 5 fully saturated rings. The first kappa shape index (κ1) is 4.97. The van der Waals surface area contributed by atoms with E-state index in [2.05, 4.69) is 5.87 Å². The maximum absolute atomic E-state index is 4.31. The van der Waals surface area contributed by atoms with Crippen molar-refractivity contribution in [2.45, 2.75) is 29.8 Å². The molecule has 10 heavy (non-hydrogen) atoms. The molecule has 4 saturated carbocycles. The molecule has 1 heterocycles. The fraction of sp³-hybridized carbons (Fsp3) is 0.889. The lowest BCUT2D eigenvalue weighted by Crippen LogP contribution is -2.79. The van der Waals surface area contributed by atoms with Crippen molar-refractivity contribution in [1.82, 2.24) is 0 Å².